The smallest absolute Gasteiger partial charge is 0.321 e. The van der Waals surface area contributed by atoms with Crippen molar-refractivity contribution in [2.24, 2.45) is 0 Å². The van der Waals surface area contributed by atoms with E-state index in [1.54, 1.807) is 0 Å². The SMILES string of the molecule is Cc1cc(Br)ccc1NC(=O)NCOc1ccccc1. The van der Waals surface area contributed by atoms with Gasteiger partial charge in [0.25, 0.3) is 0 Å². The van der Waals surface area contributed by atoms with Gasteiger partial charge in [0.2, 0.25) is 0 Å². The number of amides is 2. The van der Waals surface area contributed by atoms with E-state index >= 15 is 0 Å². The van der Waals surface area contributed by atoms with Crippen molar-refractivity contribution < 1.29 is 9.53 Å². The monoisotopic (exact) mass is 334 g/mol. The Morgan fingerprint density at radius 3 is 2.65 bits per heavy atom. The van der Waals surface area contributed by atoms with Gasteiger partial charge < -0.3 is 15.4 Å². The Balaban J connectivity index is 1.81. The lowest BCUT2D eigenvalue weighted by atomic mass is 10.2. The molecule has 2 aromatic rings. The molecule has 0 heterocycles. The first kappa shape index (κ1) is 14.4. The Labute approximate surface area is 126 Å². The zero-order valence-electron chi connectivity index (χ0n) is 11.0. The molecule has 2 rings (SSSR count). The van der Waals surface area contributed by atoms with Gasteiger partial charge in [-0.25, -0.2) is 4.79 Å². The molecule has 2 aromatic carbocycles. The molecule has 20 heavy (non-hydrogen) atoms. The van der Waals surface area contributed by atoms with Crippen LogP contribution in [0.25, 0.3) is 0 Å². The highest BCUT2D eigenvalue weighted by Crippen LogP contribution is 2.19. The van der Waals surface area contributed by atoms with Crippen molar-refractivity contribution in [1.82, 2.24) is 5.32 Å². The molecule has 0 fully saturated rings. The zero-order chi connectivity index (χ0) is 14.4. The molecule has 4 nitrogen and oxygen atoms in total. The summed E-state index contributed by atoms with van der Waals surface area (Å²) in [5, 5.41) is 5.41. The van der Waals surface area contributed by atoms with Gasteiger partial charge in [0, 0.05) is 10.2 Å². The van der Waals surface area contributed by atoms with Crippen molar-refractivity contribution in [1.29, 1.82) is 0 Å². The minimum Gasteiger partial charge on any atom is -0.473 e. The maximum atomic E-state index is 11.7. The van der Waals surface area contributed by atoms with Crippen LogP contribution < -0.4 is 15.4 Å². The molecule has 2 N–H and O–H groups in total. The number of hydrogen-bond donors (Lipinski definition) is 2. The van der Waals surface area contributed by atoms with E-state index in [-0.39, 0.29) is 12.8 Å². The molecular weight excluding hydrogens is 320 g/mol. The average molecular weight is 335 g/mol. The van der Waals surface area contributed by atoms with Crippen LogP contribution in [0.4, 0.5) is 10.5 Å². The summed E-state index contributed by atoms with van der Waals surface area (Å²) in [5.41, 5.74) is 1.75. The molecule has 0 bridgehead atoms. The first-order valence-electron chi connectivity index (χ1n) is 6.14. The third-order valence-corrected chi connectivity index (χ3v) is 3.14. The molecule has 0 aliphatic carbocycles. The number of nitrogens with one attached hydrogen (secondary N) is 2. The Kier molecular flexibility index (Phi) is 5.01. The standard InChI is InChI=1S/C15H15BrN2O2/c1-11-9-12(16)7-8-14(11)18-15(19)17-10-20-13-5-3-2-4-6-13/h2-9H,10H2,1H3,(H2,17,18,19). The van der Waals surface area contributed by atoms with E-state index in [1.165, 1.54) is 0 Å². The van der Waals surface area contributed by atoms with Crippen molar-refractivity contribution in [3.63, 3.8) is 0 Å². The number of halogens is 1. The minimum absolute atomic E-state index is 0.116. The normalized spacial score (nSPS) is 9.90. The molecule has 0 aromatic heterocycles. The highest BCUT2D eigenvalue weighted by atomic mass is 79.9. The van der Waals surface area contributed by atoms with E-state index < -0.39 is 0 Å². The van der Waals surface area contributed by atoms with Gasteiger partial charge in [-0.2, -0.15) is 0 Å². The van der Waals surface area contributed by atoms with Gasteiger partial charge in [0.15, 0.2) is 6.73 Å². The number of carbonyl (C=O) groups is 1. The van der Waals surface area contributed by atoms with Gasteiger partial charge in [-0.1, -0.05) is 34.1 Å². The van der Waals surface area contributed by atoms with Crippen LogP contribution in [0.1, 0.15) is 5.56 Å². The zero-order valence-corrected chi connectivity index (χ0v) is 12.6. The molecule has 0 aliphatic rings. The maximum absolute atomic E-state index is 11.7. The summed E-state index contributed by atoms with van der Waals surface area (Å²) in [6.45, 7) is 2.05. The fourth-order valence-corrected chi connectivity index (χ4v) is 2.11. The van der Waals surface area contributed by atoms with E-state index in [0.717, 1.165) is 15.7 Å². The summed E-state index contributed by atoms with van der Waals surface area (Å²) < 4.78 is 6.36. The van der Waals surface area contributed by atoms with Gasteiger partial charge in [-0.3, -0.25) is 0 Å². The molecule has 0 aliphatic heterocycles. The average Bonchev–Trinajstić information content (AvgIpc) is 2.43. The third-order valence-electron chi connectivity index (χ3n) is 2.65. The van der Waals surface area contributed by atoms with Gasteiger partial charge in [-0.05, 0) is 42.8 Å². The summed E-state index contributed by atoms with van der Waals surface area (Å²) in [6.07, 6.45) is 0. The Bertz CT molecular complexity index is 588. The van der Waals surface area contributed by atoms with E-state index in [1.807, 2.05) is 55.5 Å². The molecule has 0 radical (unpaired) electrons. The van der Waals surface area contributed by atoms with Crippen LogP contribution in [-0.4, -0.2) is 12.8 Å². The second kappa shape index (κ2) is 6.96. The molecule has 0 spiro atoms. The second-order valence-electron chi connectivity index (χ2n) is 4.19. The largest absolute Gasteiger partial charge is 0.473 e. The first-order chi connectivity index (χ1) is 9.65. The number of carbonyl (C=O) groups excluding carboxylic acids is 1. The molecule has 0 atom stereocenters. The number of para-hydroxylation sites is 1. The molecular formula is C15H15BrN2O2. The third kappa shape index (κ3) is 4.28. The quantitative estimate of drug-likeness (QED) is 0.832. The highest BCUT2D eigenvalue weighted by Gasteiger charge is 2.04. The number of urea groups is 1. The lowest BCUT2D eigenvalue weighted by Gasteiger charge is -2.11. The van der Waals surface area contributed by atoms with Crippen LogP contribution in [0.15, 0.2) is 53.0 Å². The Hall–Kier alpha value is -2.01. The summed E-state index contributed by atoms with van der Waals surface area (Å²) >= 11 is 3.38. The molecule has 5 heteroatoms. The number of hydrogen-bond acceptors (Lipinski definition) is 2. The summed E-state index contributed by atoms with van der Waals surface area (Å²) in [6, 6.07) is 14.7. The van der Waals surface area contributed by atoms with Crippen molar-refractivity contribution >= 4 is 27.6 Å². The Morgan fingerprint density at radius 2 is 1.95 bits per heavy atom. The predicted octanol–water partition coefficient (Wildman–Crippen LogP) is 3.92. The maximum Gasteiger partial charge on any atom is 0.321 e. The number of aryl methyl sites for hydroxylation is 1. The number of benzene rings is 2. The summed E-state index contributed by atoms with van der Waals surface area (Å²) in [4.78, 5) is 11.7. The molecule has 0 unspecified atom stereocenters. The fraction of sp³-hybridized carbons (Fsp3) is 0.133. The van der Waals surface area contributed by atoms with Gasteiger partial charge in [0.1, 0.15) is 5.75 Å². The highest BCUT2D eigenvalue weighted by molar-refractivity contribution is 9.10. The van der Waals surface area contributed by atoms with Gasteiger partial charge in [0.05, 0.1) is 0 Å². The molecule has 104 valence electrons. The van der Waals surface area contributed by atoms with Crippen LogP contribution in [0, 0.1) is 6.92 Å². The molecule has 2 amide bonds. The fourth-order valence-electron chi connectivity index (χ4n) is 1.64. The van der Waals surface area contributed by atoms with Gasteiger partial charge in [-0.15, -0.1) is 0 Å². The summed E-state index contributed by atoms with van der Waals surface area (Å²) in [7, 11) is 0. The number of anilines is 1. The van der Waals surface area contributed by atoms with Crippen LogP contribution >= 0.6 is 15.9 Å². The van der Waals surface area contributed by atoms with Gasteiger partial charge >= 0.3 is 6.03 Å². The number of ether oxygens (including phenoxy) is 1. The van der Waals surface area contributed by atoms with Crippen molar-refractivity contribution in [2.45, 2.75) is 6.92 Å². The minimum atomic E-state index is -0.300. The van der Waals surface area contributed by atoms with Crippen LogP contribution in [0.3, 0.4) is 0 Å². The van der Waals surface area contributed by atoms with E-state index in [9.17, 15) is 4.79 Å². The lowest BCUT2D eigenvalue weighted by Crippen LogP contribution is -2.32. The second-order valence-corrected chi connectivity index (χ2v) is 5.11. The van der Waals surface area contributed by atoms with E-state index in [4.69, 9.17) is 4.74 Å². The molecule has 0 saturated carbocycles. The predicted molar refractivity (Wildman–Crippen MR) is 83.0 cm³/mol. The Morgan fingerprint density at radius 1 is 1.20 bits per heavy atom. The van der Waals surface area contributed by atoms with Crippen LogP contribution in [0.2, 0.25) is 0 Å². The van der Waals surface area contributed by atoms with E-state index in [2.05, 4.69) is 26.6 Å². The van der Waals surface area contributed by atoms with Crippen molar-refractivity contribution in [3.8, 4) is 5.75 Å². The van der Waals surface area contributed by atoms with Crippen molar-refractivity contribution in [2.75, 3.05) is 12.0 Å². The first-order valence-corrected chi connectivity index (χ1v) is 6.93. The van der Waals surface area contributed by atoms with Crippen LogP contribution in [0.5, 0.6) is 5.75 Å². The lowest BCUT2D eigenvalue weighted by molar-refractivity contribution is 0.234. The number of rotatable bonds is 4. The van der Waals surface area contributed by atoms with Crippen LogP contribution in [-0.2, 0) is 0 Å². The van der Waals surface area contributed by atoms with Crippen molar-refractivity contribution in [3.05, 3.63) is 58.6 Å². The topological polar surface area (TPSA) is 50.4 Å². The molecule has 0 saturated heterocycles. The summed E-state index contributed by atoms with van der Waals surface area (Å²) in [5.74, 6) is 0.715. The van der Waals surface area contributed by atoms with E-state index in [0.29, 0.717) is 5.75 Å².